The first kappa shape index (κ1) is 16.5. The Morgan fingerprint density at radius 2 is 1.96 bits per heavy atom. The number of benzene rings is 2. The van der Waals surface area contributed by atoms with E-state index in [4.69, 9.17) is 4.74 Å². The summed E-state index contributed by atoms with van der Waals surface area (Å²) in [5, 5.41) is 3.47. The van der Waals surface area contributed by atoms with Crippen LogP contribution in [0.25, 0.3) is 0 Å². The van der Waals surface area contributed by atoms with Gasteiger partial charge in [0, 0.05) is 23.8 Å². The summed E-state index contributed by atoms with van der Waals surface area (Å²) in [6.45, 7) is 2.64. The number of alkyl halides is 3. The quantitative estimate of drug-likeness (QED) is 0.720. The maximum absolute atomic E-state index is 13.1. The molecular weight excluding hydrogens is 327 g/mol. The zero-order valence-electron chi connectivity index (χ0n) is 13.9. The van der Waals surface area contributed by atoms with Crippen molar-refractivity contribution in [1.29, 1.82) is 0 Å². The van der Waals surface area contributed by atoms with Gasteiger partial charge in [-0.05, 0) is 43.5 Å². The van der Waals surface area contributed by atoms with E-state index in [-0.39, 0.29) is 18.1 Å². The molecule has 5 heteroatoms. The third kappa shape index (κ3) is 3.01. The molecule has 0 radical (unpaired) electrons. The number of rotatable bonds is 1. The Bertz CT molecular complexity index is 787. The normalized spacial score (nSPS) is 25.7. The van der Waals surface area contributed by atoms with Gasteiger partial charge in [-0.3, -0.25) is 0 Å². The fourth-order valence-electron chi connectivity index (χ4n) is 4.04. The van der Waals surface area contributed by atoms with Crippen LogP contribution < -0.4 is 5.32 Å². The van der Waals surface area contributed by atoms with Gasteiger partial charge in [0.05, 0.1) is 17.7 Å². The summed E-state index contributed by atoms with van der Waals surface area (Å²) in [5.41, 5.74) is 3.08. The summed E-state index contributed by atoms with van der Waals surface area (Å²) in [5.74, 6) is 0.131. The summed E-state index contributed by atoms with van der Waals surface area (Å²) in [7, 11) is 0. The SMILES string of the molecule is Cc1cccc([C@@H]2Nc3ccc(C(F)(F)F)cc3[C@H]3OCCC[C@H]32)c1. The maximum Gasteiger partial charge on any atom is 0.416 e. The molecule has 2 nitrogen and oxygen atoms in total. The molecule has 3 atom stereocenters. The third-order valence-corrected chi connectivity index (χ3v) is 5.19. The van der Waals surface area contributed by atoms with Crippen LogP contribution in [-0.2, 0) is 10.9 Å². The van der Waals surface area contributed by atoms with Crippen LogP contribution in [0.1, 0.15) is 47.2 Å². The van der Waals surface area contributed by atoms with Gasteiger partial charge in [-0.1, -0.05) is 29.8 Å². The first-order valence-electron chi connectivity index (χ1n) is 8.59. The van der Waals surface area contributed by atoms with Crippen molar-refractivity contribution in [1.82, 2.24) is 0 Å². The molecule has 2 heterocycles. The van der Waals surface area contributed by atoms with Crippen LogP contribution in [0.3, 0.4) is 0 Å². The highest BCUT2D eigenvalue weighted by Crippen LogP contribution is 2.50. The van der Waals surface area contributed by atoms with E-state index >= 15 is 0 Å². The van der Waals surface area contributed by atoms with E-state index in [9.17, 15) is 13.2 Å². The smallest absolute Gasteiger partial charge is 0.378 e. The van der Waals surface area contributed by atoms with Gasteiger partial charge in [-0.25, -0.2) is 0 Å². The number of nitrogens with one attached hydrogen (secondary N) is 1. The Morgan fingerprint density at radius 3 is 2.72 bits per heavy atom. The number of hydrogen-bond acceptors (Lipinski definition) is 2. The standard InChI is InChI=1S/C20H20F3NO/c1-12-4-2-5-13(10-12)18-15-6-3-9-25-19(15)16-11-14(20(21,22)23)7-8-17(16)24-18/h2,4-5,7-8,10-11,15,18-19,24H,3,6,9H2,1H3/t15-,18-,19-/m0/s1. The van der Waals surface area contributed by atoms with E-state index in [1.54, 1.807) is 0 Å². The van der Waals surface area contributed by atoms with E-state index in [1.807, 2.05) is 19.1 Å². The van der Waals surface area contributed by atoms with Gasteiger partial charge < -0.3 is 10.1 Å². The molecule has 1 fully saturated rings. The van der Waals surface area contributed by atoms with Gasteiger partial charge in [0.1, 0.15) is 0 Å². The fraction of sp³-hybridized carbons (Fsp3) is 0.400. The molecule has 0 spiro atoms. The van der Waals surface area contributed by atoms with Crippen molar-refractivity contribution in [3.05, 3.63) is 64.7 Å². The predicted molar refractivity (Wildman–Crippen MR) is 90.4 cm³/mol. The summed E-state index contributed by atoms with van der Waals surface area (Å²) < 4.78 is 45.3. The lowest BCUT2D eigenvalue weighted by Gasteiger charge is -2.43. The molecule has 4 rings (SSSR count). The van der Waals surface area contributed by atoms with Crippen molar-refractivity contribution >= 4 is 5.69 Å². The lowest BCUT2D eigenvalue weighted by molar-refractivity contribution is -0.137. The molecule has 1 N–H and O–H groups in total. The Balaban J connectivity index is 1.78. The largest absolute Gasteiger partial charge is 0.416 e. The fourth-order valence-corrected chi connectivity index (χ4v) is 4.04. The highest BCUT2D eigenvalue weighted by atomic mass is 19.4. The molecule has 132 valence electrons. The molecule has 2 aliphatic rings. The van der Waals surface area contributed by atoms with Crippen LogP contribution in [0.2, 0.25) is 0 Å². The number of halogens is 3. The molecule has 0 unspecified atom stereocenters. The Kier molecular flexibility index (Phi) is 3.99. The number of anilines is 1. The van der Waals surface area contributed by atoms with Crippen molar-refractivity contribution in [3.8, 4) is 0 Å². The van der Waals surface area contributed by atoms with Crippen molar-refractivity contribution in [2.45, 2.75) is 38.1 Å². The van der Waals surface area contributed by atoms with Crippen LogP contribution in [0, 0.1) is 12.8 Å². The molecule has 0 aliphatic carbocycles. The van der Waals surface area contributed by atoms with Crippen molar-refractivity contribution in [3.63, 3.8) is 0 Å². The molecule has 0 amide bonds. The van der Waals surface area contributed by atoms with Crippen LogP contribution >= 0.6 is 0 Å². The first-order chi connectivity index (χ1) is 11.9. The van der Waals surface area contributed by atoms with E-state index in [1.165, 1.54) is 17.7 Å². The molecule has 0 aromatic heterocycles. The van der Waals surface area contributed by atoms with E-state index in [0.717, 1.165) is 30.2 Å². The lowest BCUT2D eigenvalue weighted by atomic mass is 9.77. The summed E-state index contributed by atoms with van der Waals surface area (Å²) >= 11 is 0. The second-order valence-electron chi connectivity index (χ2n) is 6.93. The molecule has 2 aromatic carbocycles. The topological polar surface area (TPSA) is 21.3 Å². The predicted octanol–water partition coefficient (Wildman–Crippen LogP) is 5.65. The Morgan fingerprint density at radius 1 is 1.12 bits per heavy atom. The molecule has 0 bridgehead atoms. The Labute approximate surface area is 145 Å². The van der Waals surface area contributed by atoms with Crippen LogP contribution in [0.15, 0.2) is 42.5 Å². The minimum atomic E-state index is -4.34. The molecule has 25 heavy (non-hydrogen) atoms. The third-order valence-electron chi connectivity index (χ3n) is 5.19. The minimum absolute atomic E-state index is 0.0504. The molecule has 0 saturated carbocycles. The van der Waals surface area contributed by atoms with Crippen LogP contribution in [0.5, 0.6) is 0 Å². The molecule has 2 aromatic rings. The minimum Gasteiger partial charge on any atom is -0.378 e. The van der Waals surface area contributed by atoms with Crippen LogP contribution in [0.4, 0.5) is 18.9 Å². The van der Waals surface area contributed by atoms with Gasteiger partial charge in [-0.2, -0.15) is 13.2 Å². The zero-order chi connectivity index (χ0) is 17.6. The zero-order valence-corrected chi connectivity index (χ0v) is 13.9. The van der Waals surface area contributed by atoms with Crippen molar-refractivity contribution < 1.29 is 17.9 Å². The van der Waals surface area contributed by atoms with Gasteiger partial charge in [-0.15, -0.1) is 0 Å². The molecule has 1 saturated heterocycles. The highest BCUT2D eigenvalue weighted by Gasteiger charge is 2.41. The van der Waals surface area contributed by atoms with Gasteiger partial charge in [0.2, 0.25) is 0 Å². The van der Waals surface area contributed by atoms with E-state index in [2.05, 4.69) is 17.4 Å². The summed E-state index contributed by atoms with van der Waals surface area (Å²) in [6, 6.07) is 12.3. The van der Waals surface area contributed by atoms with E-state index < -0.39 is 11.7 Å². The molecule has 2 aliphatic heterocycles. The lowest BCUT2D eigenvalue weighted by Crippen LogP contribution is -2.36. The maximum atomic E-state index is 13.1. The average Bonchev–Trinajstić information content (AvgIpc) is 2.60. The van der Waals surface area contributed by atoms with Crippen molar-refractivity contribution in [2.24, 2.45) is 5.92 Å². The number of ether oxygens (including phenoxy) is 1. The van der Waals surface area contributed by atoms with Gasteiger partial charge in [0.15, 0.2) is 0 Å². The van der Waals surface area contributed by atoms with Gasteiger partial charge in [0.25, 0.3) is 0 Å². The van der Waals surface area contributed by atoms with E-state index in [0.29, 0.717) is 12.2 Å². The number of fused-ring (bicyclic) bond motifs is 3. The number of aryl methyl sites for hydroxylation is 1. The average molecular weight is 347 g/mol. The second kappa shape index (κ2) is 6.06. The highest BCUT2D eigenvalue weighted by molar-refractivity contribution is 5.58. The second-order valence-corrected chi connectivity index (χ2v) is 6.93. The van der Waals surface area contributed by atoms with Gasteiger partial charge >= 0.3 is 6.18 Å². The Hall–Kier alpha value is -2.01. The summed E-state index contributed by atoms with van der Waals surface area (Å²) in [6.07, 6.45) is -2.77. The number of hydrogen-bond donors (Lipinski definition) is 1. The van der Waals surface area contributed by atoms with Crippen molar-refractivity contribution in [2.75, 3.05) is 11.9 Å². The summed E-state index contributed by atoms with van der Waals surface area (Å²) in [4.78, 5) is 0. The van der Waals surface area contributed by atoms with Crippen LogP contribution in [-0.4, -0.2) is 6.61 Å². The molecular formula is C20H20F3NO. The monoisotopic (exact) mass is 347 g/mol. The first-order valence-corrected chi connectivity index (χ1v) is 8.59.